The van der Waals surface area contributed by atoms with E-state index < -0.39 is 5.97 Å². The Kier molecular flexibility index (Phi) is 4.38. The van der Waals surface area contributed by atoms with Crippen molar-refractivity contribution in [1.29, 1.82) is 0 Å². The van der Waals surface area contributed by atoms with Gasteiger partial charge in [-0.15, -0.1) is 6.42 Å². The predicted molar refractivity (Wildman–Crippen MR) is 74.2 cm³/mol. The second-order valence-electron chi connectivity index (χ2n) is 4.62. The maximum atomic E-state index is 12.0. The molecular weight excluding hydrogens is 256 g/mol. The molecule has 0 aromatic heterocycles. The van der Waals surface area contributed by atoms with Gasteiger partial charge in [0.15, 0.2) is 0 Å². The van der Waals surface area contributed by atoms with Gasteiger partial charge in [-0.1, -0.05) is 18.1 Å². The van der Waals surface area contributed by atoms with E-state index in [2.05, 4.69) is 11.2 Å². The molecule has 104 valence electrons. The number of hydrogen-bond acceptors (Lipinski definition) is 3. The highest BCUT2D eigenvalue weighted by Crippen LogP contribution is 2.22. The lowest BCUT2D eigenvalue weighted by molar-refractivity contribution is -0.131. The zero-order valence-corrected chi connectivity index (χ0v) is 11.1. The number of hydrogen-bond donors (Lipinski definition) is 2. The molecule has 1 heterocycles. The van der Waals surface area contributed by atoms with Crippen LogP contribution < -0.4 is 5.32 Å². The van der Waals surface area contributed by atoms with Crippen molar-refractivity contribution in [2.45, 2.75) is 13.0 Å². The van der Waals surface area contributed by atoms with Gasteiger partial charge >= 0.3 is 5.97 Å². The van der Waals surface area contributed by atoms with Crippen molar-refractivity contribution >= 4 is 11.9 Å². The molecule has 1 amide bonds. The summed E-state index contributed by atoms with van der Waals surface area (Å²) in [6, 6.07) is 5.19. The fourth-order valence-corrected chi connectivity index (χ4v) is 2.38. The lowest BCUT2D eigenvalue weighted by atomic mass is 9.94. The van der Waals surface area contributed by atoms with Gasteiger partial charge in [0.05, 0.1) is 18.7 Å². The van der Waals surface area contributed by atoms with Gasteiger partial charge in [0.2, 0.25) is 5.91 Å². The molecule has 0 radical (unpaired) electrons. The number of carbonyl (C=O) groups is 2. The maximum absolute atomic E-state index is 12.0. The largest absolute Gasteiger partial charge is 0.478 e. The first kappa shape index (κ1) is 14.1. The van der Waals surface area contributed by atoms with Crippen molar-refractivity contribution in [2.75, 3.05) is 19.6 Å². The number of carboxylic acids is 1. The summed E-state index contributed by atoms with van der Waals surface area (Å²) < 4.78 is 0. The molecule has 1 aliphatic rings. The Morgan fingerprint density at radius 2 is 2.25 bits per heavy atom. The molecule has 0 bridgehead atoms. The van der Waals surface area contributed by atoms with Crippen molar-refractivity contribution in [1.82, 2.24) is 10.2 Å². The summed E-state index contributed by atoms with van der Waals surface area (Å²) in [7, 11) is 0. The summed E-state index contributed by atoms with van der Waals surface area (Å²) in [5.41, 5.74) is 2.07. The number of nitrogens with one attached hydrogen (secondary N) is 1. The van der Waals surface area contributed by atoms with Crippen LogP contribution >= 0.6 is 0 Å². The topological polar surface area (TPSA) is 69.6 Å². The smallest absolute Gasteiger partial charge is 0.335 e. The summed E-state index contributed by atoms with van der Waals surface area (Å²) in [5, 5.41) is 12.0. The quantitative estimate of drug-likeness (QED) is 0.618. The van der Waals surface area contributed by atoms with Gasteiger partial charge in [-0.3, -0.25) is 10.1 Å². The second kappa shape index (κ2) is 6.22. The normalized spacial score (nSPS) is 13.4. The minimum atomic E-state index is -0.919. The van der Waals surface area contributed by atoms with E-state index in [-0.39, 0.29) is 12.5 Å². The molecule has 5 heteroatoms. The van der Waals surface area contributed by atoms with Gasteiger partial charge < -0.3 is 10.0 Å². The number of benzene rings is 1. The SMILES string of the molecule is C#CCNCC(=O)N1CCc2c(cccc2C(=O)O)C1. The highest BCUT2D eigenvalue weighted by molar-refractivity contribution is 5.90. The van der Waals surface area contributed by atoms with E-state index in [9.17, 15) is 9.59 Å². The highest BCUT2D eigenvalue weighted by Gasteiger charge is 2.23. The number of amides is 1. The van der Waals surface area contributed by atoms with Gasteiger partial charge in [-0.05, 0) is 23.6 Å². The first-order valence-corrected chi connectivity index (χ1v) is 6.39. The number of terminal acetylenes is 1. The summed E-state index contributed by atoms with van der Waals surface area (Å²) in [4.78, 5) is 24.9. The standard InChI is InChI=1S/C15H16N2O3/c1-2-7-16-9-14(18)17-8-6-12-11(10-17)4-3-5-13(12)15(19)20/h1,3-5,16H,6-10H2,(H,19,20). The minimum Gasteiger partial charge on any atom is -0.478 e. The van der Waals surface area contributed by atoms with Crippen LogP contribution in [0.5, 0.6) is 0 Å². The number of aromatic carboxylic acids is 1. The summed E-state index contributed by atoms with van der Waals surface area (Å²) in [6.07, 6.45) is 5.68. The number of rotatable bonds is 4. The van der Waals surface area contributed by atoms with Gasteiger partial charge in [0.25, 0.3) is 0 Å². The fraction of sp³-hybridized carbons (Fsp3) is 0.333. The third-order valence-electron chi connectivity index (χ3n) is 3.35. The van der Waals surface area contributed by atoms with Crippen molar-refractivity contribution in [3.05, 3.63) is 34.9 Å². The van der Waals surface area contributed by atoms with Crippen LogP contribution in [0.25, 0.3) is 0 Å². The summed E-state index contributed by atoms with van der Waals surface area (Å²) in [5.74, 6) is 1.47. The highest BCUT2D eigenvalue weighted by atomic mass is 16.4. The lowest BCUT2D eigenvalue weighted by Gasteiger charge is -2.29. The van der Waals surface area contributed by atoms with E-state index in [1.54, 1.807) is 17.0 Å². The van der Waals surface area contributed by atoms with Crippen LogP contribution in [-0.2, 0) is 17.8 Å². The van der Waals surface area contributed by atoms with Crippen molar-refractivity contribution in [2.24, 2.45) is 0 Å². The molecule has 1 aromatic rings. The minimum absolute atomic E-state index is 0.0216. The molecule has 20 heavy (non-hydrogen) atoms. The van der Waals surface area contributed by atoms with Crippen LogP contribution in [0.1, 0.15) is 21.5 Å². The van der Waals surface area contributed by atoms with E-state index in [4.69, 9.17) is 11.5 Å². The molecule has 1 aromatic carbocycles. The van der Waals surface area contributed by atoms with E-state index in [1.807, 2.05) is 6.07 Å². The van der Waals surface area contributed by atoms with Gasteiger partial charge in [-0.25, -0.2) is 4.79 Å². The molecule has 0 fully saturated rings. The molecule has 0 unspecified atom stereocenters. The number of carbonyl (C=O) groups excluding carboxylic acids is 1. The maximum Gasteiger partial charge on any atom is 0.335 e. The van der Waals surface area contributed by atoms with Crippen molar-refractivity contribution < 1.29 is 14.7 Å². The van der Waals surface area contributed by atoms with Crippen molar-refractivity contribution in [3.8, 4) is 12.3 Å². The average molecular weight is 272 g/mol. The third-order valence-corrected chi connectivity index (χ3v) is 3.35. The van der Waals surface area contributed by atoms with Gasteiger partial charge in [0, 0.05) is 13.1 Å². The van der Waals surface area contributed by atoms with E-state index in [0.717, 1.165) is 11.1 Å². The molecule has 1 aliphatic heterocycles. The molecule has 0 spiro atoms. The average Bonchev–Trinajstić information content (AvgIpc) is 2.46. The molecule has 2 N–H and O–H groups in total. The van der Waals surface area contributed by atoms with E-state index in [0.29, 0.717) is 31.6 Å². The Bertz CT molecular complexity index is 575. The Morgan fingerprint density at radius 3 is 2.95 bits per heavy atom. The third kappa shape index (κ3) is 2.98. The number of fused-ring (bicyclic) bond motifs is 1. The first-order chi connectivity index (χ1) is 9.63. The van der Waals surface area contributed by atoms with Crippen LogP contribution in [0.3, 0.4) is 0 Å². The Balaban J connectivity index is 2.08. The van der Waals surface area contributed by atoms with E-state index >= 15 is 0 Å². The lowest BCUT2D eigenvalue weighted by Crippen LogP contribution is -2.41. The van der Waals surface area contributed by atoms with Crippen LogP contribution in [-0.4, -0.2) is 41.5 Å². The van der Waals surface area contributed by atoms with Crippen molar-refractivity contribution in [3.63, 3.8) is 0 Å². The Labute approximate surface area is 117 Å². The Morgan fingerprint density at radius 1 is 1.45 bits per heavy atom. The van der Waals surface area contributed by atoms with Crippen LogP contribution in [0, 0.1) is 12.3 Å². The van der Waals surface area contributed by atoms with Gasteiger partial charge in [-0.2, -0.15) is 0 Å². The van der Waals surface area contributed by atoms with Crippen LogP contribution in [0.2, 0.25) is 0 Å². The molecular formula is C15H16N2O3. The molecule has 0 aliphatic carbocycles. The molecule has 5 nitrogen and oxygen atoms in total. The second-order valence-corrected chi connectivity index (χ2v) is 4.62. The fourth-order valence-electron chi connectivity index (χ4n) is 2.38. The number of carboxylic acid groups (broad SMARTS) is 1. The monoisotopic (exact) mass is 272 g/mol. The van der Waals surface area contributed by atoms with Crippen LogP contribution in [0.4, 0.5) is 0 Å². The summed E-state index contributed by atoms with van der Waals surface area (Å²) in [6.45, 7) is 1.55. The summed E-state index contributed by atoms with van der Waals surface area (Å²) >= 11 is 0. The van der Waals surface area contributed by atoms with Crippen LogP contribution in [0.15, 0.2) is 18.2 Å². The molecule has 0 saturated carbocycles. The molecule has 0 atom stereocenters. The number of nitrogens with zero attached hydrogens (tertiary/aromatic N) is 1. The Hall–Kier alpha value is -2.32. The first-order valence-electron chi connectivity index (χ1n) is 6.39. The van der Waals surface area contributed by atoms with E-state index in [1.165, 1.54) is 0 Å². The molecule has 0 saturated heterocycles. The molecule has 2 rings (SSSR count). The zero-order valence-electron chi connectivity index (χ0n) is 11.1. The van der Waals surface area contributed by atoms with Gasteiger partial charge in [0.1, 0.15) is 0 Å². The predicted octanol–water partition coefficient (Wildman–Crippen LogP) is 0.492. The zero-order chi connectivity index (χ0) is 14.5.